The summed E-state index contributed by atoms with van der Waals surface area (Å²) in [5.41, 5.74) is 1.02. The van der Waals surface area contributed by atoms with Crippen molar-refractivity contribution in [1.29, 1.82) is 0 Å². The quantitative estimate of drug-likeness (QED) is 0.913. The van der Waals surface area contributed by atoms with Crippen molar-refractivity contribution in [2.45, 2.75) is 38.6 Å². The first-order valence-electron chi connectivity index (χ1n) is 7.48. The Morgan fingerprint density at radius 3 is 3.14 bits per heavy atom. The van der Waals surface area contributed by atoms with Crippen molar-refractivity contribution in [2.24, 2.45) is 0 Å². The maximum atomic E-state index is 12.5. The molecule has 1 atom stereocenters. The molecule has 22 heavy (non-hydrogen) atoms. The van der Waals surface area contributed by atoms with Crippen LogP contribution in [0.1, 0.15) is 42.6 Å². The Kier molecular flexibility index (Phi) is 4.13. The van der Waals surface area contributed by atoms with Gasteiger partial charge in [-0.15, -0.1) is 0 Å². The molecule has 0 spiro atoms. The number of amides is 1. The van der Waals surface area contributed by atoms with Crippen molar-refractivity contribution in [1.82, 2.24) is 20.0 Å². The molecule has 2 aromatic rings. The van der Waals surface area contributed by atoms with Crippen LogP contribution in [-0.4, -0.2) is 39.6 Å². The molecule has 118 valence electrons. The number of likely N-dealkylation sites (tertiary alicyclic amines) is 1. The summed E-state index contributed by atoms with van der Waals surface area (Å²) in [6.07, 6.45) is 4.68. The third-order valence-electron chi connectivity index (χ3n) is 3.94. The fourth-order valence-corrected chi connectivity index (χ4v) is 2.83. The van der Waals surface area contributed by atoms with Crippen LogP contribution in [0.3, 0.4) is 0 Å². The molecule has 1 aliphatic rings. The van der Waals surface area contributed by atoms with Crippen molar-refractivity contribution in [2.75, 3.05) is 13.7 Å². The highest BCUT2D eigenvalue weighted by atomic mass is 16.5. The van der Waals surface area contributed by atoms with Gasteiger partial charge in [0, 0.05) is 37.3 Å². The second kappa shape index (κ2) is 6.21. The minimum atomic E-state index is 0.0606. The summed E-state index contributed by atoms with van der Waals surface area (Å²) in [6, 6.07) is 1.77. The summed E-state index contributed by atoms with van der Waals surface area (Å²) in [4.78, 5) is 22.0. The number of carbonyl (C=O) groups is 1. The predicted molar refractivity (Wildman–Crippen MR) is 78.4 cm³/mol. The maximum absolute atomic E-state index is 12.5. The van der Waals surface area contributed by atoms with Crippen LogP contribution in [0.5, 0.6) is 5.88 Å². The van der Waals surface area contributed by atoms with Crippen LogP contribution >= 0.6 is 0 Å². The van der Waals surface area contributed by atoms with Gasteiger partial charge in [0.05, 0.1) is 13.2 Å². The number of H-pyrrole nitrogens is 1. The van der Waals surface area contributed by atoms with E-state index >= 15 is 0 Å². The van der Waals surface area contributed by atoms with Crippen molar-refractivity contribution in [3.05, 3.63) is 29.5 Å². The first kappa shape index (κ1) is 14.6. The Bertz CT molecular complexity index is 649. The van der Waals surface area contributed by atoms with Crippen LogP contribution in [0.4, 0.5) is 0 Å². The number of nitrogens with zero attached hydrogens (tertiary/aromatic N) is 3. The van der Waals surface area contributed by atoms with E-state index in [1.165, 1.54) is 7.11 Å². The summed E-state index contributed by atoms with van der Waals surface area (Å²) in [5.74, 6) is 2.10. The molecule has 0 bridgehead atoms. The van der Waals surface area contributed by atoms with Crippen LogP contribution in [0, 0.1) is 6.92 Å². The van der Waals surface area contributed by atoms with Crippen LogP contribution < -0.4 is 4.74 Å². The summed E-state index contributed by atoms with van der Waals surface area (Å²) in [7, 11) is 1.53. The Labute approximate surface area is 128 Å². The molecule has 0 saturated carbocycles. The number of hydrogen-bond acceptors (Lipinski definition) is 5. The standard InChI is InChI=1S/C15H20N4O3/c1-10-9-16-15(17-10)12-4-3-7-19(12)14(20)6-5-11-8-13(21-2)18-22-11/h8-9,12H,3-7H2,1-2H3,(H,16,17). The van der Waals surface area contributed by atoms with Crippen molar-refractivity contribution >= 4 is 5.91 Å². The zero-order valence-corrected chi connectivity index (χ0v) is 12.8. The zero-order valence-electron chi connectivity index (χ0n) is 12.8. The van der Waals surface area contributed by atoms with Gasteiger partial charge in [0.2, 0.25) is 5.91 Å². The second-order valence-corrected chi connectivity index (χ2v) is 5.53. The number of hydrogen-bond donors (Lipinski definition) is 1. The SMILES string of the molecule is COc1cc(CCC(=O)N2CCCC2c2ncc(C)[nH]2)on1. The summed E-state index contributed by atoms with van der Waals surface area (Å²) in [6.45, 7) is 2.75. The minimum absolute atomic E-state index is 0.0606. The normalized spacial score (nSPS) is 17.9. The monoisotopic (exact) mass is 304 g/mol. The fourth-order valence-electron chi connectivity index (χ4n) is 2.83. The second-order valence-electron chi connectivity index (χ2n) is 5.53. The molecule has 1 amide bonds. The number of carbonyl (C=O) groups excluding carboxylic acids is 1. The van der Waals surface area contributed by atoms with Crippen LogP contribution in [0.25, 0.3) is 0 Å². The molecule has 7 heteroatoms. The minimum Gasteiger partial charge on any atom is -0.479 e. The molecule has 1 unspecified atom stereocenters. The van der Waals surface area contributed by atoms with E-state index < -0.39 is 0 Å². The number of ether oxygens (including phenoxy) is 1. The molecule has 3 rings (SSSR count). The maximum Gasteiger partial charge on any atom is 0.254 e. The smallest absolute Gasteiger partial charge is 0.254 e. The number of aromatic nitrogens is 3. The van der Waals surface area contributed by atoms with Gasteiger partial charge in [-0.2, -0.15) is 0 Å². The fraction of sp³-hybridized carbons (Fsp3) is 0.533. The van der Waals surface area contributed by atoms with Gasteiger partial charge in [0.1, 0.15) is 11.6 Å². The van der Waals surface area contributed by atoms with Crippen molar-refractivity contribution in [3.8, 4) is 5.88 Å². The van der Waals surface area contributed by atoms with E-state index in [4.69, 9.17) is 9.26 Å². The molecule has 3 heterocycles. The van der Waals surface area contributed by atoms with Crippen LogP contribution in [-0.2, 0) is 11.2 Å². The van der Waals surface area contributed by atoms with Gasteiger partial charge >= 0.3 is 0 Å². The molecule has 1 aliphatic heterocycles. The lowest BCUT2D eigenvalue weighted by Crippen LogP contribution is -2.31. The van der Waals surface area contributed by atoms with Crippen LogP contribution in [0.2, 0.25) is 0 Å². The number of imidazole rings is 1. The molecule has 7 nitrogen and oxygen atoms in total. The highest BCUT2D eigenvalue weighted by molar-refractivity contribution is 5.77. The number of nitrogens with one attached hydrogen (secondary N) is 1. The van der Waals surface area contributed by atoms with Gasteiger partial charge in [-0.1, -0.05) is 0 Å². The Balaban J connectivity index is 1.61. The van der Waals surface area contributed by atoms with Gasteiger partial charge in [-0.3, -0.25) is 4.79 Å². The number of aryl methyl sites for hydroxylation is 2. The van der Waals surface area contributed by atoms with E-state index in [-0.39, 0.29) is 11.9 Å². The van der Waals surface area contributed by atoms with Crippen LogP contribution in [0.15, 0.2) is 16.8 Å². The first-order chi connectivity index (χ1) is 10.7. The predicted octanol–water partition coefficient (Wildman–Crippen LogP) is 2.01. The van der Waals surface area contributed by atoms with Gasteiger partial charge < -0.3 is 19.1 Å². The topological polar surface area (TPSA) is 84.2 Å². The molecule has 1 fully saturated rings. The molecule has 1 N–H and O–H groups in total. The largest absolute Gasteiger partial charge is 0.479 e. The number of aromatic amines is 1. The highest BCUT2D eigenvalue weighted by Crippen LogP contribution is 2.30. The van der Waals surface area contributed by atoms with E-state index in [0.29, 0.717) is 24.5 Å². The van der Waals surface area contributed by atoms with Gasteiger partial charge in [-0.25, -0.2) is 4.98 Å². The van der Waals surface area contributed by atoms with E-state index in [2.05, 4.69) is 15.1 Å². The van der Waals surface area contributed by atoms with Crippen molar-refractivity contribution < 1.29 is 14.1 Å². The van der Waals surface area contributed by atoms with E-state index in [9.17, 15) is 4.79 Å². The van der Waals surface area contributed by atoms with Gasteiger partial charge in [0.25, 0.3) is 5.88 Å². The molecular weight excluding hydrogens is 284 g/mol. The highest BCUT2D eigenvalue weighted by Gasteiger charge is 2.31. The van der Waals surface area contributed by atoms with Crippen molar-refractivity contribution in [3.63, 3.8) is 0 Å². The van der Waals surface area contributed by atoms with Gasteiger partial charge in [-0.05, 0) is 24.9 Å². The van der Waals surface area contributed by atoms with E-state index in [1.807, 2.05) is 11.8 Å². The number of methoxy groups -OCH3 is 1. The lowest BCUT2D eigenvalue weighted by molar-refractivity contribution is -0.132. The third-order valence-corrected chi connectivity index (χ3v) is 3.94. The Morgan fingerprint density at radius 1 is 1.59 bits per heavy atom. The third kappa shape index (κ3) is 2.98. The lowest BCUT2D eigenvalue weighted by Gasteiger charge is -2.23. The van der Waals surface area contributed by atoms with Gasteiger partial charge in [0.15, 0.2) is 0 Å². The van der Waals surface area contributed by atoms with E-state index in [1.54, 1.807) is 12.3 Å². The molecule has 1 saturated heterocycles. The molecule has 0 radical (unpaired) electrons. The average molecular weight is 304 g/mol. The average Bonchev–Trinajstić information content (AvgIpc) is 3.24. The molecular formula is C15H20N4O3. The number of rotatable bonds is 5. The van der Waals surface area contributed by atoms with E-state index in [0.717, 1.165) is 30.9 Å². The molecule has 2 aromatic heterocycles. The lowest BCUT2D eigenvalue weighted by atomic mass is 10.2. The summed E-state index contributed by atoms with van der Waals surface area (Å²) in [5, 5.41) is 3.74. The molecule has 0 aliphatic carbocycles. The molecule has 0 aromatic carbocycles. The zero-order chi connectivity index (χ0) is 15.5. The first-order valence-corrected chi connectivity index (χ1v) is 7.48. The Morgan fingerprint density at radius 2 is 2.45 bits per heavy atom. The Hall–Kier alpha value is -2.31. The summed E-state index contributed by atoms with van der Waals surface area (Å²) < 4.78 is 10.1. The summed E-state index contributed by atoms with van der Waals surface area (Å²) >= 11 is 0.